The average Bonchev–Trinajstić information content (AvgIpc) is 3.37. The van der Waals surface area contributed by atoms with Gasteiger partial charge in [0.05, 0.1) is 18.6 Å². The second-order valence-corrected chi connectivity index (χ2v) is 11.4. The summed E-state index contributed by atoms with van der Waals surface area (Å²) in [6, 6.07) is 0. The Balaban J connectivity index is 1.24. The number of hydrogen-bond acceptors (Lipinski definition) is 9. The molecule has 3 N–H and O–H groups in total. The summed E-state index contributed by atoms with van der Waals surface area (Å²) in [5.41, 5.74) is 4.93. The van der Waals surface area contributed by atoms with Gasteiger partial charge in [-0.05, 0) is 49.6 Å². The zero-order valence-corrected chi connectivity index (χ0v) is 22.2. The number of nitrogens with one attached hydrogen (secondary N) is 2. The fourth-order valence-electron chi connectivity index (χ4n) is 5.88. The number of rotatable bonds is 11. The lowest BCUT2D eigenvalue weighted by atomic mass is 9.92. The van der Waals surface area contributed by atoms with Crippen molar-refractivity contribution < 1.29 is 28.7 Å². The molecule has 4 fully saturated rings. The largest absolute Gasteiger partial charge is 0.391 e. The van der Waals surface area contributed by atoms with Gasteiger partial charge < -0.3 is 14.7 Å². The molecule has 4 aliphatic rings. The van der Waals surface area contributed by atoms with E-state index in [1.54, 1.807) is 4.90 Å². The van der Waals surface area contributed by atoms with Crippen LogP contribution in [-0.2, 0) is 19.2 Å². The van der Waals surface area contributed by atoms with Gasteiger partial charge in [-0.15, -0.1) is 0 Å². The zero-order chi connectivity index (χ0) is 26.7. The third-order valence-electron chi connectivity index (χ3n) is 8.28. The van der Waals surface area contributed by atoms with Crippen LogP contribution in [0.5, 0.6) is 0 Å². The van der Waals surface area contributed by atoms with Gasteiger partial charge in [0.1, 0.15) is 0 Å². The van der Waals surface area contributed by atoms with Crippen molar-refractivity contribution in [3.8, 4) is 0 Å². The van der Waals surface area contributed by atoms with Crippen molar-refractivity contribution in [3.05, 3.63) is 11.1 Å². The molecule has 3 atom stereocenters. The summed E-state index contributed by atoms with van der Waals surface area (Å²) >= 11 is 6.09. The predicted octanol–water partition coefficient (Wildman–Crippen LogP) is 2.79. The molecular weight excluding hydrogens is 519 g/mol. The monoisotopic (exact) mass is 554 g/mol. The Morgan fingerprint density at radius 2 is 2.05 bits per heavy atom. The first kappa shape index (κ1) is 27.3. The Bertz CT molecular complexity index is 1000. The maximum atomic E-state index is 15.4. The number of hydroxylamine groups is 2. The molecule has 2 amide bonds. The Hall–Kier alpha value is -2.28. The minimum atomic E-state index is -0.765. The summed E-state index contributed by atoms with van der Waals surface area (Å²) in [7, 11) is 0. The quantitative estimate of drug-likeness (QED) is 0.215. The standard InChI is InChI=1S/C25H36ClFN6O5/c26-24-28-21(20(27)22(29-24)32-13-18(35)25(14-32)8-9-25)30-31-23(36)17(11-16-5-1-2-6-16)12-33(15-34)38-19-7-3-4-10-37-19/h15-19,35H,1-14H2,(H,31,36)(H,28,29,30)/t17-,18?,19?/m0/s1. The van der Waals surface area contributed by atoms with Gasteiger partial charge in [0.25, 0.3) is 0 Å². The van der Waals surface area contributed by atoms with Crippen LogP contribution in [0.15, 0.2) is 0 Å². The average molecular weight is 555 g/mol. The molecule has 1 aromatic rings. The number of nitrogens with zero attached hydrogens (tertiary/aromatic N) is 4. The lowest BCUT2D eigenvalue weighted by molar-refractivity contribution is -0.276. The van der Waals surface area contributed by atoms with E-state index in [2.05, 4.69) is 20.8 Å². The number of aliphatic hydroxyl groups is 1. The highest BCUT2D eigenvalue weighted by atomic mass is 35.5. The summed E-state index contributed by atoms with van der Waals surface area (Å²) < 4.78 is 21.0. The van der Waals surface area contributed by atoms with E-state index in [9.17, 15) is 14.7 Å². The lowest BCUT2D eigenvalue weighted by Gasteiger charge is -2.30. The van der Waals surface area contributed by atoms with Gasteiger partial charge in [-0.3, -0.25) is 20.4 Å². The Morgan fingerprint density at radius 3 is 2.71 bits per heavy atom. The van der Waals surface area contributed by atoms with Crippen LogP contribution in [-0.4, -0.2) is 71.1 Å². The molecular formula is C25H36ClFN6O5. The number of amides is 2. The predicted molar refractivity (Wildman–Crippen MR) is 136 cm³/mol. The number of halogens is 2. The van der Waals surface area contributed by atoms with E-state index in [0.29, 0.717) is 38.3 Å². The molecule has 13 heteroatoms. The third kappa shape index (κ3) is 6.30. The van der Waals surface area contributed by atoms with Crippen molar-refractivity contribution in [2.75, 3.05) is 36.6 Å². The van der Waals surface area contributed by atoms with E-state index >= 15 is 4.39 Å². The smallest absolute Gasteiger partial charge is 0.243 e. The normalized spacial score (nSPS) is 25.4. The van der Waals surface area contributed by atoms with E-state index in [0.717, 1.165) is 56.4 Å². The number of hydrazine groups is 1. The number of ether oxygens (including phenoxy) is 1. The fraction of sp³-hybridized carbons (Fsp3) is 0.760. The SMILES string of the molecule is O=CN(C[C@H](CC1CCCC1)C(=O)NNc1nc(Cl)nc(N2CC(O)C3(CC3)C2)c1F)OC1CCCCO1. The minimum Gasteiger partial charge on any atom is -0.391 e. The molecule has 0 bridgehead atoms. The maximum absolute atomic E-state index is 15.4. The van der Waals surface area contributed by atoms with Crippen LogP contribution in [0.2, 0.25) is 5.28 Å². The highest BCUT2D eigenvalue weighted by molar-refractivity contribution is 6.28. The Morgan fingerprint density at radius 1 is 1.29 bits per heavy atom. The van der Waals surface area contributed by atoms with Gasteiger partial charge in [-0.25, -0.2) is 9.90 Å². The van der Waals surface area contributed by atoms with Gasteiger partial charge in [0.2, 0.25) is 23.4 Å². The van der Waals surface area contributed by atoms with Crippen molar-refractivity contribution in [2.45, 2.75) is 76.6 Å². The summed E-state index contributed by atoms with van der Waals surface area (Å²) in [4.78, 5) is 40.4. The molecule has 2 aliphatic carbocycles. The molecule has 2 saturated carbocycles. The molecule has 1 aromatic heterocycles. The molecule has 2 aliphatic heterocycles. The van der Waals surface area contributed by atoms with E-state index in [1.807, 2.05) is 0 Å². The van der Waals surface area contributed by atoms with Gasteiger partial charge in [-0.2, -0.15) is 14.4 Å². The van der Waals surface area contributed by atoms with Crippen LogP contribution < -0.4 is 15.8 Å². The van der Waals surface area contributed by atoms with E-state index in [-0.39, 0.29) is 35.4 Å². The first-order valence-electron chi connectivity index (χ1n) is 13.6. The fourth-order valence-corrected chi connectivity index (χ4v) is 6.04. The van der Waals surface area contributed by atoms with Crippen LogP contribution in [0.3, 0.4) is 0 Å². The van der Waals surface area contributed by atoms with Crippen LogP contribution >= 0.6 is 11.6 Å². The first-order chi connectivity index (χ1) is 18.4. The Labute approximate surface area is 226 Å². The summed E-state index contributed by atoms with van der Waals surface area (Å²) in [5, 5.41) is 11.3. The maximum Gasteiger partial charge on any atom is 0.243 e. The topological polar surface area (TPSA) is 129 Å². The van der Waals surface area contributed by atoms with Crippen molar-refractivity contribution in [1.29, 1.82) is 0 Å². The van der Waals surface area contributed by atoms with E-state index in [4.69, 9.17) is 21.2 Å². The summed E-state index contributed by atoms with van der Waals surface area (Å²) in [6.07, 6.45) is 8.68. The second-order valence-electron chi connectivity index (χ2n) is 11.0. The molecule has 3 heterocycles. The van der Waals surface area contributed by atoms with Gasteiger partial charge in [0, 0.05) is 31.5 Å². The molecule has 5 rings (SSSR count). The first-order valence-corrected chi connectivity index (χ1v) is 14.0. The molecule has 2 unspecified atom stereocenters. The number of carbonyl (C=O) groups is 2. The number of aromatic nitrogens is 2. The summed E-state index contributed by atoms with van der Waals surface area (Å²) in [6.45, 7) is 1.35. The van der Waals surface area contributed by atoms with Crippen LogP contribution in [0.4, 0.5) is 16.0 Å². The lowest BCUT2D eigenvalue weighted by Crippen LogP contribution is -2.43. The van der Waals surface area contributed by atoms with Gasteiger partial charge in [-0.1, -0.05) is 25.7 Å². The highest BCUT2D eigenvalue weighted by Crippen LogP contribution is 2.53. The number of aliphatic hydroxyl groups excluding tert-OH is 1. The minimum absolute atomic E-state index is 0.0138. The molecule has 11 nitrogen and oxygen atoms in total. The number of β-amino-alcohol motifs (C(OH)–C–C–N with tert-alkyl or cyclic N) is 1. The van der Waals surface area contributed by atoms with E-state index < -0.39 is 30.0 Å². The van der Waals surface area contributed by atoms with Crippen molar-refractivity contribution in [2.24, 2.45) is 17.3 Å². The number of anilines is 2. The molecule has 0 aromatic carbocycles. The zero-order valence-electron chi connectivity index (χ0n) is 21.4. The van der Waals surface area contributed by atoms with Crippen molar-refractivity contribution in [3.63, 3.8) is 0 Å². The van der Waals surface area contributed by atoms with Crippen LogP contribution in [0, 0.1) is 23.1 Å². The molecule has 1 spiro atoms. The molecule has 38 heavy (non-hydrogen) atoms. The van der Waals surface area contributed by atoms with Crippen molar-refractivity contribution in [1.82, 2.24) is 20.5 Å². The highest BCUT2D eigenvalue weighted by Gasteiger charge is 2.55. The number of carbonyl (C=O) groups excluding carboxylic acids is 2. The van der Waals surface area contributed by atoms with E-state index in [1.165, 1.54) is 0 Å². The third-order valence-corrected chi connectivity index (χ3v) is 8.45. The molecule has 2 saturated heterocycles. The summed E-state index contributed by atoms with van der Waals surface area (Å²) in [5.74, 6) is -1.69. The number of hydrogen-bond donors (Lipinski definition) is 3. The van der Waals surface area contributed by atoms with Crippen LogP contribution in [0.1, 0.15) is 64.2 Å². The molecule has 210 valence electrons. The van der Waals surface area contributed by atoms with Crippen LogP contribution in [0.25, 0.3) is 0 Å². The van der Waals surface area contributed by atoms with Gasteiger partial charge >= 0.3 is 0 Å². The van der Waals surface area contributed by atoms with Crippen molar-refractivity contribution >= 4 is 35.6 Å². The second kappa shape index (κ2) is 11.8. The van der Waals surface area contributed by atoms with Gasteiger partial charge in [0.15, 0.2) is 17.9 Å². The molecule has 0 radical (unpaired) electrons. The Kier molecular flexibility index (Phi) is 8.51.